The molecule has 0 bridgehead atoms. The highest BCUT2D eigenvalue weighted by molar-refractivity contribution is 5.83. The molecule has 98 valence electrons. The lowest BCUT2D eigenvalue weighted by molar-refractivity contribution is -0.167. The monoisotopic (exact) mass is 259 g/mol. The molecule has 2 aromatic heterocycles. The van der Waals surface area contributed by atoms with E-state index < -0.39 is 5.41 Å². The fourth-order valence-corrected chi connectivity index (χ4v) is 2.07. The molecule has 2 aromatic rings. The Morgan fingerprint density at radius 1 is 1.47 bits per heavy atom. The maximum Gasteiger partial charge on any atom is 0.324 e. The van der Waals surface area contributed by atoms with E-state index in [1.165, 1.54) is 7.11 Å². The van der Waals surface area contributed by atoms with Crippen molar-refractivity contribution in [2.75, 3.05) is 20.3 Å². The number of methoxy groups -OCH3 is 1. The lowest BCUT2D eigenvalue weighted by Crippen LogP contribution is -2.54. The number of rotatable bonds is 3. The molecule has 0 amide bonds. The van der Waals surface area contributed by atoms with Gasteiger partial charge in [0, 0.05) is 12.4 Å². The molecule has 0 aromatic carbocycles. The first-order valence-corrected chi connectivity index (χ1v) is 5.90. The number of H-pyrrole nitrogens is 1. The predicted octanol–water partition coefficient (Wildman–Crippen LogP) is 0.913. The second-order valence-electron chi connectivity index (χ2n) is 4.42. The number of hydrogen-bond acceptors (Lipinski definition) is 5. The predicted molar refractivity (Wildman–Crippen MR) is 66.3 cm³/mol. The molecule has 1 N–H and O–H groups in total. The summed E-state index contributed by atoms with van der Waals surface area (Å²) in [5.74, 6) is 0.0834. The summed E-state index contributed by atoms with van der Waals surface area (Å²) in [5, 5.41) is 0. The summed E-state index contributed by atoms with van der Waals surface area (Å²) in [6.07, 6.45) is 3.46. The standard InChI is InChI=1S/C13H13N3O3/c1-18-12(17)13(7-19-8-13)11-15-6-4-10(16-11)9-3-2-5-14-9/h2-6,14H,7-8H2,1H3. The molecule has 0 radical (unpaired) electrons. The molecule has 0 unspecified atom stereocenters. The summed E-state index contributed by atoms with van der Waals surface area (Å²) >= 11 is 0. The van der Waals surface area contributed by atoms with Crippen LogP contribution >= 0.6 is 0 Å². The minimum atomic E-state index is -0.864. The Bertz CT molecular complexity index is 591. The largest absolute Gasteiger partial charge is 0.468 e. The van der Waals surface area contributed by atoms with E-state index >= 15 is 0 Å². The number of aromatic nitrogens is 3. The molecular weight excluding hydrogens is 246 g/mol. The first-order chi connectivity index (χ1) is 9.26. The number of aromatic amines is 1. The summed E-state index contributed by atoms with van der Waals surface area (Å²) in [6.45, 7) is 0.516. The second kappa shape index (κ2) is 4.47. The SMILES string of the molecule is COC(=O)C1(c2nccc(-c3ccc[nH]3)n2)COC1. The number of carbonyl (C=O) groups is 1. The van der Waals surface area contributed by atoms with Gasteiger partial charge in [-0.3, -0.25) is 4.79 Å². The van der Waals surface area contributed by atoms with Gasteiger partial charge >= 0.3 is 5.97 Å². The second-order valence-corrected chi connectivity index (χ2v) is 4.42. The summed E-state index contributed by atoms with van der Waals surface area (Å²) < 4.78 is 9.99. The molecule has 3 rings (SSSR count). The van der Waals surface area contributed by atoms with Crippen LogP contribution in [0.15, 0.2) is 30.6 Å². The third-order valence-electron chi connectivity index (χ3n) is 3.23. The Labute approximate surface area is 109 Å². The van der Waals surface area contributed by atoms with Crippen molar-refractivity contribution in [3.8, 4) is 11.4 Å². The first-order valence-electron chi connectivity index (χ1n) is 5.90. The molecule has 0 atom stereocenters. The highest BCUT2D eigenvalue weighted by atomic mass is 16.5. The molecule has 0 saturated carbocycles. The van der Waals surface area contributed by atoms with E-state index in [2.05, 4.69) is 15.0 Å². The molecule has 6 nitrogen and oxygen atoms in total. The maximum atomic E-state index is 11.9. The van der Waals surface area contributed by atoms with Gasteiger partial charge in [0.2, 0.25) is 0 Å². The quantitative estimate of drug-likeness (QED) is 0.829. The Kier molecular flexibility index (Phi) is 2.79. The van der Waals surface area contributed by atoms with Crippen LogP contribution in [0.2, 0.25) is 0 Å². The Morgan fingerprint density at radius 3 is 2.89 bits per heavy atom. The third kappa shape index (κ3) is 1.80. The summed E-state index contributed by atoms with van der Waals surface area (Å²) in [6, 6.07) is 5.59. The van der Waals surface area contributed by atoms with Crippen molar-refractivity contribution in [3.05, 3.63) is 36.4 Å². The maximum absolute atomic E-state index is 11.9. The van der Waals surface area contributed by atoms with E-state index in [0.717, 1.165) is 11.4 Å². The highest BCUT2D eigenvalue weighted by Crippen LogP contribution is 2.32. The lowest BCUT2D eigenvalue weighted by Gasteiger charge is -2.36. The van der Waals surface area contributed by atoms with E-state index in [9.17, 15) is 4.79 Å². The number of nitrogens with one attached hydrogen (secondary N) is 1. The van der Waals surface area contributed by atoms with Crippen molar-refractivity contribution < 1.29 is 14.3 Å². The topological polar surface area (TPSA) is 77.1 Å². The number of hydrogen-bond donors (Lipinski definition) is 1. The van der Waals surface area contributed by atoms with Gasteiger partial charge in [0.05, 0.1) is 31.7 Å². The van der Waals surface area contributed by atoms with Crippen molar-refractivity contribution in [3.63, 3.8) is 0 Å². The van der Waals surface area contributed by atoms with Gasteiger partial charge in [-0.25, -0.2) is 9.97 Å². The molecule has 6 heteroatoms. The minimum absolute atomic E-state index is 0.258. The van der Waals surface area contributed by atoms with Crippen LogP contribution in [0.4, 0.5) is 0 Å². The molecule has 0 aliphatic carbocycles. The Morgan fingerprint density at radius 2 is 2.32 bits per heavy atom. The first kappa shape index (κ1) is 11.9. The van der Waals surface area contributed by atoms with Gasteiger partial charge in [-0.15, -0.1) is 0 Å². The third-order valence-corrected chi connectivity index (χ3v) is 3.23. The van der Waals surface area contributed by atoms with Crippen molar-refractivity contribution in [1.29, 1.82) is 0 Å². The summed E-state index contributed by atoms with van der Waals surface area (Å²) in [7, 11) is 1.36. The van der Waals surface area contributed by atoms with Crippen molar-refractivity contribution in [2.24, 2.45) is 0 Å². The molecule has 3 heterocycles. The van der Waals surface area contributed by atoms with Crippen molar-refractivity contribution >= 4 is 5.97 Å². The van der Waals surface area contributed by atoms with E-state index in [-0.39, 0.29) is 19.2 Å². The molecule has 1 aliphatic rings. The van der Waals surface area contributed by atoms with Gasteiger partial charge in [-0.2, -0.15) is 0 Å². The van der Waals surface area contributed by atoms with Crippen LogP contribution in [-0.2, 0) is 19.7 Å². The van der Waals surface area contributed by atoms with Crippen LogP contribution in [0, 0.1) is 0 Å². The van der Waals surface area contributed by atoms with E-state index in [1.54, 1.807) is 12.3 Å². The van der Waals surface area contributed by atoms with Crippen LogP contribution in [0.1, 0.15) is 5.82 Å². The number of ether oxygens (including phenoxy) is 2. The fourth-order valence-electron chi connectivity index (χ4n) is 2.07. The molecule has 1 aliphatic heterocycles. The fraction of sp³-hybridized carbons (Fsp3) is 0.308. The normalized spacial score (nSPS) is 16.7. The van der Waals surface area contributed by atoms with E-state index in [0.29, 0.717) is 5.82 Å². The van der Waals surface area contributed by atoms with Crippen molar-refractivity contribution in [2.45, 2.75) is 5.41 Å². The average molecular weight is 259 g/mol. The molecule has 0 spiro atoms. The van der Waals surface area contributed by atoms with Crippen LogP contribution in [-0.4, -0.2) is 41.2 Å². The van der Waals surface area contributed by atoms with Crippen LogP contribution in [0.3, 0.4) is 0 Å². The highest BCUT2D eigenvalue weighted by Gasteiger charge is 2.51. The summed E-state index contributed by atoms with van der Waals surface area (Å²) in [4.78, 5) is 23.7. The molecule has 1 saturated heterocycles. The zero-order valence-electron chi connectivity index (χ0n) is 10.4. The zero-order valence-corrected chi connectivity index (χ0v) is 10.4. The van der Waals surface area contributed by atoms with Gasteiger partial charge in [0.1, 0.15) is 0 Å². The van der Waals surface area contributed by atoms with E-state index in [4.69, 9.17) is 9.47 Å². The van der Waals surface area contributed by atoms with Gasteiger partial charge in [-0.05, 0) is 18.2 Å². The molecule has 19 heavy (non-hydrogen) atoms. The number of nitrogens with zero attached hydrogens (tertiary/aromatic N) is 2. The average Bonchev–Trinajstić information content (AvgIpc) is 2.91. The summed E-state index contributed by atoms with van der Waals surface area (Å²) in [5.41, 5.74) is 0.756. The zero-order chi connectivity index (χ0) is 13.3. The van der Waals surface area contributed by atoms with Crippen LogP contribution in [0.25, 0.3) is 11.4 Å². The molecule has 1 fully saturated rings. The van der Waals surface area contributed by atoms with Crippen LogP contribution in [0.5, 0.6) is 0 Å². The van der Waals surface area contributed by atoms with E-state index in [1.807, 2.05) is 18.3 Å². The Hall–Kier alpha value is -2.21. The van der Waals surface area contributed by atoms with Gasteiger partial charge in [0.15, 0.2) is 11.2 Å². The number of esters is 1. The number of carbonyl (C=O) groups excluding carboxylic acids is 1. The molecular formula is C13H13N3O3. The smallest absolute Gasteiger partial charge is 0.324 e. The van der Waals surface area contributed by atoms with Gasteiger partial charge in [0.25, 0.3) is 0 Å². The minimum Gasteiger partial charge on any atom is -0.468 e. The van der Waals surface area contributed by atoms with Crippen molar-refractivity contribution in [1.82, 2.24) is 15.0 Å². The van der Waals surface area contributed by atoms with Gasteiger partial charge < -0.3 is 14.5 Å². The van der Waals surface area contributed by atoms with Gasteiger partial charge in [-0.1, -0.05) is 0 Å². The lowest BCUT2D eigenvalue weighted by atomic mass is 9.85. The van der Waals surface area contributed by atoms with Crippen LogP contribution < -0.4 is 0 Å². The Balaban J connectivity index is 2.01.